The molecule has 0 saturated carbocycles. The van der Waals surface area contributed by atoms with Gasteiger partial charge in [0.25, 0.3) is 5.91 Å². The van der Waals surface area contributed by atoms with Crippen LogP contribution in [0.15, 0.2) is 36.5 Å². The van der Waals surface area contributed by atoms with Gasteiger partial charge < -0.3 is 15.4 Å². The third-order valence-corrected chi connectivity index (χ3v) is 2.19. The number of nitrogens with one attached hydrogen (secondary N) is 2. The fraction of sp³-hybridized carbons (Fsp3) is 0. The highest BCUT2D eigenvalue weighted by Crippen LogP contribution is 2.16. The molecule has 86 valence electrons. The van der Waals surface area contributed by atoms with Crippen molar-refractivity contribution in [1.29, 1.82) is 0 Å². The first-order valence-electron chi connectivity index (χ1n) is 4.93. The molecule has 1 amide bonds. The van der Waals surface area contributed by atoms with Gasteiger partial charge in [0.15, 0.2) is 6.29 Å². The molecule has 3 N–H and O–H groups in total. The number of rotatable bonds is 3. The molecule has 0 unspecified atom stereocenters. The second-order valence-corrected chi connectivity index (χ2v) is 3.47. The maximum atomic E-state index is 11.7. The van der Waals surface area contributed by atoms with Crippen molar-refractivity contribution in [2.45, 2.75) is 0 Å². The van der Waals surface area contributed by atoms with E-state index >= 15 is 0 Å². The molecule has 5 heteroatoms. The molecule has 2 aromatic rings. The van der Waals surface area contributed by atoms with Gasteiger partial charge in [-0.3, -0.25) is 9.59 Å². The highest BCUT2D eigenvalue weighted by Gasteiger charge is 2.08. The number of amides is 1. The lowest BCUT2D eigenvalue weighted by atomic mass is 10.3. The second-order valence-electron chi connectivity index (χ2n) is 3.47. The number of hydrogen-bond acceptors (Lipinski definition) is 3. The van der Waals surface area contributed by atoms with Gasteiger partial charge in [0.05, 0.1) is 0 Å². The van der Waals surface area contributed by atoms with Crippen molar-refractivity contribution in [1.82, 2.24) is 4.98 Å². The van der Waals surface area contributed by atoms with Gasteiger partial charge in [-0.1, -0.05) is 6.07 Å². The fourth-order valence-corrected chi connectivity index (χ4v) is 1.39. The average molecular weight is 230 g/mol. The number of aldehydes is 1. The summed E-state index contributed by atoms with van der Waals surface area (Å²) in [5.41, 5.74) is 1.18. The van der Waals surface area contributed by atoms with Gasteiger partial charge >= 0.3 is 0 Å². The van der Waals surface area contributed by atoms with Crippen molar-refractivity contribution in [2.75, 3.05) is 5.32 Å². The number of aromatic nitrogens is 1. The molecule has 2 rings (SSSR count). The van der Waals surface area contributed by atoms with E-state index in [4.69, 9.17) is 0 Å². The number of aromatic amines is 1. The minimum Gasteiger partial charge on any atom is -0.508 e. The molecule has 0 fully saturated rings. The predicted octanol–water partition coefficient (Wildman–Crippen LogP) is 1.79. The molecule has 0 radical (unpaired) electrons. The fourth-order valence-electron chi connectivity index (χ4n) is 1.39. The molecule has 0 saturated heterocycles. The van der Waals surface area contributed by atoms with Crippen LogP contribution in [0, 0.1) is 0 Å². The number of benzene rings is 1. The van der Waals surface area contributed by atoms with Crippen LogP contribution in [-0.2, 0) is 0 Å². The van der Waals surface area contributed by atoms with Gasteiger partial charge in [-0.05, 0) is 18.2 Å². The van der Waals surface area contributed by atoms with Crippen LogP contribution < -0.4 is 5.32 Å². The van der Waals surface area contributed by atoms with Crippen LogP contribution in [0.5, 0.6) is 5.75 Å². The molecule has 0 aliphatic carbocycles. The number of aromatic hydroxyl groups is 1. The average Bonchev–Trinajstić information content (AvgIpc) is 2.77. The Labute approximate surface area is 97.1 Å². The summed E-state index contributed by atoms with van der Waals surface area (Å²) < 4.78 is 0. The number of phenolic OH excluding ortho intramolecular Hbond substituents is 1. The van der Waals surface area contributed by atoms with Gasteiger partial charge in [0.2, 0.25) is 0 Å². The number of anilines is 1. The van der Waals surface area contributed by atoms with Crippen LogP contribution in [0.4, 0.5) is 5.69 Å². The van der Waals surface area contributed by atoms with E-state index in [1.807, 2.05) is 0 Å². The Morgan fingerprint density at radius 1 is 1.35 bits per heavy atom. The monoisotopic (exact) mass is 230 g/mol. The molecule has 1 aromatic heterocycles. The minimum absolute atomic E-state index is 0.0721. The van der Waals surface area contributed by atoms with Gasteiger partial charge in [-0.25, -0.2) is 0 Å². The van der Waals surface area contributed by atoms with Crippen molar-refractivity contribution >= 4 is 17.9 Å². The maximum Gasteiger partial charge on any atom is 0.272 e. The number of carbonyl (C=O) groups excluding carboxylic acids is 2. The smallest absolute Gasteiger partial charge is 0.272 e. The van der Waals surface area contributed by atoms with E-state index in [1.54, 1.807) is 12.1 Å². The first kappa shape index (κ1) is 10.9. The van der Waals surface area contributed by atoms with E-state index in [2.05, 4.69) is 10.3 Å². The van der Waals surface area contributed by atoms with Crippen LogP contribution in [0.3, 0.4) is 0 Å². The Bertz CT molecular complexity index is 560. The molecular weight excluding hydrogens is 220 g/mol. The molecule has 5 nitrogen and oxygen atoms in total. The van der Waals surface area contributed by atoms with E-state index in [-0.39, 0.29) is 17.4 Å². The summed E-state index contributed by atoms with van der Waals surface area (Å²) in [5.74, 6) is -0.299. The molecule has 1 aromatic carbocycles. The van der Waals surface area contributed by atoms with E-state index in [1.165, 1.54) is 24.4 Å². The number of phenols is 1. The molecular formula is C12H10N2O3. The molecule has 0 aliphatic heterocycles. The minimum atomic E-state index is -0.372. The summed E-state index contributed by atoms with van der Waals surface area (Å²) in [6, 6.07) is 7.67. The van der Waals surface area contributed by atoms with E-state index in [0.717, 1.165) is 0 Å². The SMILES string of the molecule is O=Cc1c[nH]c(C(=O)Nc2cccc(O)c2)c1. The standard InChI is InChI=1S/C12H10N2O3/c15-7-8-4-11(13-6-8)12(17)14-9-2-1-3-10(16)5-9/h1-7,13,16H,(H,14,17). The number of carbonyl (C=O) groups is 2. The van der Waals surface area contributed by atoms with Crippen LogP contribution in [0.25, 0.3) is 0 Å². The topological polar surface area (TPSA) is 82.2 Å². The normalized spacial score (nSPS) is 9.88. The molecule has 0 bridgehead atoms. The zero-order valence-corrected chi connectivity index (χ0v) is 8.81. The van der Waals surface area contributed by atoms with Crippen molar-refractivity contribution < 1.29 is 14.7 Å². The lowest BCUT2D eigenvalue weighted by Crippen LogP contribution is -2.11. The van der Waals surface area contributed by atoms with Crippen molar-refractivity contribution in [2.24, 2.45) is 0 Å². The molecule has 0 spiro atoms. The summed E-state index contributed by atoms with van der Waals surface area (Å²) in [5, 5.41) is 11.8. The summed E-state index contributed by atoms with van der Waals surface area (Å²) in [6.45, 7) is 0. The Kier molecular flexibility index (Phi) is 2.91. The van der Waals surface area contributed by atoms with Gasteiger partial charge in [-0.15, -0.1) is 0 Å². The first-order chi connectivity index (χ1) is 8.19. The highest BCUT2D eigenvalue weighted by atomic mass is 16.3. The summed E-state index contributed by atoms with van der Waals surface area (Å²) in [6.07, 6.45) is 2.10. The van der Waals surface area contributed by atoms with Gasteiger partial charge in [0.1, 0.15) is 11.4 Å². The quantitative estimate of drug-likeness (QED) is 0.703. The first-order valence-corrected chi connectivity index (χ1v) is 4.93. The molecule has 1 heterocycles. The zero-order chi connectivity index (χ0) is 12.3. The van der Waals surface area contributed by atoms with Crippen molar-refractivity contribution in [3.05, 3.63) is 47.8 Å². The van der Waals surface area contributed by atoms with Crippen LogP contribution in [-0.4, -0.2) is 22.3 Å². The zero-order valence-electron chi connectivity index (χ0n) is 8.81. The highest BCUT2D eigenvalue weighted by molar-refractivity contribution is 6.03. The predicted molar refractivity (Wildman–Crippen MR) is 62.2 cm³/mol. The Morgan fingerprint density at radius 3 is 2.82 bits per heavy atom. The Hall–Kier alpha value is -2.56. The lowest BCUT2D eigenvalue weighted by molar-refractivity contribution is 0.102. The van der Waals surface area contributed by atoms with E-state index in [9.17, 15) is 14.7 Å². The third kappa shape index (κ3) is 2.52. The van der Waals surface area contributed by atoms with Gasteiger partial charge in [0, 0.05) is 23.5 Å². The molecule has 17 heavy (non-hydrogen) atoms. The van der Waals surface area contributed by atoms with Crippen LogP contribution >= 0.6 is 0 Å². The number of hydrogen-bond donors (Lipinski definition) is 3. The van der Waals surface area contributed by atoms with Crippen molar-refractivity contribution in [3.63, 3.8) is 0 Å². The lowest BCUT2D eigenvalue weighted by Gasteiger charge is -2.03. The summed E-state index contributed by atoms with van der Waals surface area (Å²) in [4.78, 5) is 24.9. The second kappa shape index (κ2) is 4.52. The molecule has 0 atom stereocenters. The summed E-state index contributed by atoms with van der Waals surface area (Å²) >= 11 is 0. The molecule has 0 aliphatic rings. The Balaban J connectivity index is 2.14. The Morgan fingerprint density at radius 2 is 2.18 bits per heavy atom. The van der Waals surface area contributed by atoms with Crippen molar-refractivity contribution in [3.8, 4) is 5.75 Å². The number of H-pyrrole nitrogens is 1. The van der Waals surface area contributed by atoms with Gasteiger partial charge in [-0.2, -0.15) is 0 Å². The largest absolute Gasteiger partial charge is 0.508 e. The van der Waals surface area contributed by atoms with Crippen LogP contribution in [0.2, 0.25) is 0 Å². The summed E-state index contributed by atoms with van der Waals surface area (Å²) in [7, 11) is 0. The van der Waals surface area contributed by atoms with E-state index in [0.29, 0.717) is 17.5 Å². The van der Waals surface area contributed by atoms with E-state index < -0.39 is 0 Å². The third-order valence-electron chi connectivity index (χ3n) is 2.19. The maximum absolute atomic E-state index is 11.7. The van der Waals surface area contributed by atoms with Crippen LogP contribution in [0.1, 0.15) is 20.8 Å².